The second-order valence-corrected chi connectivity index (χ2v) is 11.4. The topological polar surface area (TPSA) is 140 Å². The standard InChI is InChI=1S/C24H41N3O6S/c1-17(2)18(14-21(25)22(28)16-27-34(30,31)19-10-11-19)15-26-24(29)20-8-4-5-9-23(20)33-13-7-6-12-32-3/h4-5,8-9,17-19,21-22,27-28H,6-7,10-16,25H2,1-3H3,(H,26,29)/t18-,21+,22+/m1/s1. The van der Waals surface area contributed by atoms with E-state index in [2.05, 4.69) is 10.0 Å². The lowest BCUT2D eigenvalue weighted by molar-refractivity contribution is 0.0928. The summed E-state index contributed by atoms with van der Waals surface area (Å²) in [6.07, 6.45) is 2.48. The van der Waals surface area contributed by atoms with E-state index in [4.69, 9.17) is 15.2 Å². The summed E-state index contributed by atoms with van der Waals surface area (Å²) in [6.45, 7) is 5.51. The molecule has 1 aromatic carbocycles. The molecule has 5 N–H and O–H groups in total. The maximum Gasteiger partial charge on any atom is 0.255 e. The Morgan fingerprint density at radius 1 is 1.18 bits per heavy atom. The van der Waals surface area contributed by atoms with Gasteiger partial charge in [0.05, 0.1) is 23.5 Å². The largest absolute Gasteiger partial charge is 0.493 e. The fraction of sp³-hybridized carbons (Fsp3) is 0.708. The number of hydrogen-bond acceptors (Lipinski definition) is 7. The number of benzene rings is 1. The zero-order valence-electron chi connectivity index (χ0n) is 20.5. The molecule has 0 aliphatic heterocycles. The number of carbonyl (C=O) groups is 1. The predicted octanol–water partition coefficient (Wildman–Crippen LogP) is 1.65. The Morgan fingerprint density at radius 3 is 2.50 bits per heavy atom. The monoisotopic (exact) mass is 499 g/mol. The van der Waals surface area contributed by atoms with E-state index in [0.717, 1.165) is 12.8 Å². The van der Waals surface area contributed by atoms with Crippen LogP contribution in [-0.2, 0) is 14.8 Å². The van der Waals surface area contributed by atoms with Gasteiger partial charge in [0, 0.05) is 32.8 Å². The Hall–Kier alpha value is -1.72. The summed E-state index contributed by atoms with van der Waals surface area (Å²) in [5.74, 6) is 0.516. The van der Waals surface area contributed by atoms with Crippen molar-refractivity contribution in [1.29, 1.82) is 0 Å². The van der Waals surface area contributed by atoms with Crippen LogP contribution < -0.4 is 20.5 Å². The molecule has 10 heteroatoms. The number of aliphatic hydroxyl groups is 1. The van der Waals surface area contributed by atoms with Crippen LogP contribution in [-0.4, -0.2) is 70.2 Å². The van der Waals surface area contributed by atoms with E-state index in [0.29, 0.717) is 50.3 Å². The number of aliphatic hydroxyl groups excluding tert-OH is 1. The number of ether oxygens (including phenoxy) is 2. The highest BCUT2D eigenvalue weighted by Crippen LogP contribution is 2.27. The van der Waals surface area contributed by atoms with E-state index >= 15 is 0 Å². The molecule has 1 amide bonds. The number of rotatable bonds is 17. The number of amides is 1. The Labute approximate surface area is 203 Å². The Bertz CT molecular complexity index is 860. The maximum absolute atomic E-state index is 12.9. The number of sulfonamides is 1. The number of unbranched alkanes of at least 4 members (excludes halogenated alkanes) is 1. The van der Waals surface area contributed by atoms with E-state index in [1.807, 2.05) is 19.9 Å². The molecule has 3 atom stereocenters. The molecule has 0 heterocycles. The molecular weight excluding hydrogens is 458 g/mol. The highest BCUT2D eigenvalue weighted by atomic mass is 32.2. The van der Waals surface area contributed by atoms with E-state index in [1.54, 1.807) is 25.3 Å². The third-order valence-electron chi connectivity index (χ3n) is 6.13. The molecular formula is C24H41N3O6S. The number of para-hydroxylation sites is 1. The van der Waals surface area contributed by atoms with Crippen LogP contribution in [0.4, 0.5) is 0 Å². The van der Waals surface area contributed by atoms with Crippen LogP contribution in [0.5, 0.6) is 5.75 Å². The summed E-state index contributed by atoms with van der Waals surface area (Å²) in [5.41, 5.74) is 6.65. The van der Waals surface area contributed by atoms with Gasteiger partial charge in [-0.05, 0) is 56.1 Å². The molecule has 0 saturated heterocycles. The van der Waals surface area contributed by atoms with Crippen molar-refractivity contribution in [3.05, 3.63) is 29.8 Å². The minimum absolute atomic E-state index is 0.00997. The summed E-state index contributed by atoms with van der Waals surface area (Å²) in [7, 11) is -1.71. The molecule has 0 spiro atoms. The molecule has 34 heavy (non-hydrogen) atoms. The van der Waals surface area contributed by atoms with Crippen LogP contribution >= 0.6 is 0 Å². The van der Waals surface area contributed by atoms with Gasteiger partial charge in [-0.15, -0.1) is 0 Å². The van der Waals surface area contributed by atoms with Gasteiger partial charge in [0.1, 0.15) is 5.75 Å². The van der Waals surface area contributed by atoms with E-state index in [9.17, 15) is 18.3 Å². The predicted molar refractivity (Wildman–Crippen MR) is 132 cm³/mol. The lowest BCUT2D eigenvalue weighted by Gasteiger charge is -2.27. The molecule has 1 aromatic rings. The highest BCUT2D eigenvalue weighted by molar-refractivity contribution is 7.90. The second kappa shape index (κ2) is 14.0. The van der Waals surface area contributed by atoms with Crippen LogP contribution in [0.25, 0.3) is 0 Å². The minimum atomic E-state index is -3.37. The lowest BCUT2D eigenvalue weighted by Crippen LogP contribution is -2.46. The van der Waals surface area contributed by atoms with Gasteiger partial charge in [-0.2, -0.15) is 0 Å². The Kier molecular flexibility index (Phi) is 11.7. The van der Waals surface area contributed by atoms with Gasteiger partial charge in [-0.1, -0.05) is 26.0 Å². The molecule has 0 bridgehead atoms. The van der Waals surface area contributed by atoms with Crippen molar-refractivity contribution in [2.45, 2.75) is 63.3 Å². The number of carbonyl (C=O) groups excluding carboxylic acids is 1. The van der Waals surface area contributed by atoms with Gasteiger partial charge in [-0.25, -0.2) is 13.1 Å². The van der Waals surface area contributed by atoms with Crippen molar-refractivity contribution in [3.8, 4) is 5.75 Å². The van der Waals surface area contributed by atoms with E-state index in [1.165, 1.54) is 0 Å². The van der Waals surface area contributed by atoms with Gasteiger partial charge < -0.3 is 25.6 Å². The van der Waals surface area contributed by atoms with Crippen LogP contribution in [0.15, 0.2) is 24.3 Å². The molecule has 0 radical (unpaired) electrons. The van der Waals surface area contributed by atoms with Gasteiger partial charge in [0.15, 0.2) is 0 Å². The van der Waals surface area contributed by atoms with Crippen LogP contribution in [0.1, 0.15) is 56.3 Å². The summed E-state index contributed by atoms with van der Waals surface area (Å²) in [6, 6.07) is 6.51. The number of nitrogens with one attached hydrogen (secondary N) is 2. The number of methoxy groups -OCH3 is 1. The molecule has 1 aliphatic carbocycles. The second-order valence-electron chi connectivity index (χ2n) is 9.32. The highest BCUT2D eigenvalue weighted by Gasteiger charge is 2.36. The molecule has 0 unspecified atom stereocenters. The average Bonchev–Trinajstić information content (AvgIpc) is 3.66. The zero-order valence-corrected chi connectivity index (χ0v) is 21.4. The number of nitrogens with two attached hydrogens (primary N) is 1. The van der Waals surface area contributed by atoms with Crippen molar-refractivity contribution < 1.29 is 27.8 Å². The molecule has 1 aliphatic rings. The smallest absolute Gasteiger partial charge is 0.255 e. The molecule has 2 rings (SSSR count). The molecule has 0 aromatic heterocycles. The first kappa shape index (κ1) is 28.5. The fourth-order valence-corrected chi connectivity index (χ4v) is 4.97. The first-order valence-electron chi connectivity index (χ1n) is 12.1. The van der Waals surface area contributed by atoms with E-state index in [-0.39, 0.29) is 29.5 Å². The van der Waals surface area contributed by atoms with Gasteiger partial charge >= 0.3 is 0 Å². The van der Waals surface area contributed by atoms with Gasteiger partial charge in [0.2, 0.25) is 10.0 Å². The lowest BCUT2D eigenvalue weighted by atomic mass is 9.87. The van der Waals surface area contributed by atoms with Crippen molar-refractivity contribution in [3.63, 3.8) is 0 Å². The molecule has 194 valence electrons. The summed E-state index contributed by atoms with van der Waals surface area (Å²) < 4.78 is 37.3. The normalized spacial score (nSPS) is 16.8. The summed E-state index contributed by atoms with van der Waals surface area (Å²) in [4.78, 5) is 12.9. The Morgan fingerprint density at radius 2 is 1.85 bits per heavy atom. The first-order chi connectivity index (χ1) is 16.2. The van der Waals surface area contributed by atoms with Crippen molar-refractivity contribution >= 4 is 15.9 Å². The van der Waals surface area contributed by atoms with Gasteiger partial charge in [-0.3, -0.25) is 4.79 Å². The third kappa shape index (κ3) is 9.50. The van der Waals surface area contributed by atoms with Gasteiger partial charge in [0.25, 0.3) is 5.91 Å². The van der Waals surface area contributed by atoms with E-state index < -0.39 is 22.2 Å². The van der Waals surface area contributed by atoms with Crippen LogP contribution in [0.3, 0.4) is 0 Å². The third-order valence-corrected chi connectivity index (χ3v) is 8.04. The zero-order chi connectivity index (χ0) is 25.1. The summed E-state index contributed by atoms with van der Waals surface area (Å²) >= 11 is 0. The Balaban J connectivity index is 1.85. The quantitative estimate of drug-likeness (QED) is 0.239. The minimum Gasteiger partial charge on any atom is -0.493 e. The first-order valence-corrected chi connectivity index (χ1v) is 13.6. The molecule has 1 saturated carbocycles. The molecule has 9 nitrogen and oxygen atoms in total. The van der Waals surface area contributed by atoms with Crippen molar-refractivity contribution in [1.82, 2.24) is 10.0 Å². The average molecular weight is 500 g/mol. The fourth-order valence-electron chi connectivity index (χ4n) is 3.58. The maximum atomic E-state index is 12.9. The summed E-state index contributed by atoms with van der Waals surface area (Å²) in [5, 5.41) is 13.0. The van der Waals surface area contributed by atoms with Crippen molar-refractivity contribution in [2.24, 2.45) is 17.6 Å². The SMILES string of the molecule is COCCCCOc1ccccc1C(=O)NC[C@@H](C[C@H](N)[C@@H](O)CNS(=O)(=O)C1CC1)C(C)C. The molecule has 1 fully saturated rings. The van der Waals surface area contributed by atoms with Crippen molar-refractivity contribution in [2.75, 3.05) is 33.4 Å². The van der Waals surface area contributed by atoms with Crippen LogP contribution in [0, 0.1) is 11.8 Å². The number of hydrogen-bond donors (Lipinski definition) is 4. The van der Waals surface area contributed by atoms with Crippen LogP contribution in [0.2, 0.25) is 0 Å².